The predicted octanol–water partition coefficient (Wildman–Crippen LogP) is 1.84. The molecule has 0 saturated heterocycles. The Morgan fingerprint density at radius 2 is 1.80 bits per heavy atom. The van der Waals surface area contributed by atoms with Crippen molar-refractivity contribution in [2.45, 2.75) is 0 Å². The Balaban J connectivity index is 2.69. The van der Waals surface area contributed by atoms with Crippen LogP contribution in [0.5, 0.6) is 0 Å². The number of rotatable bonds is 2. The Morgan fingerprint density at radius 1 is 1.20 bits per heavy atom. The summed E-state index contributed by atoms with van der Waals surface area (Å²) in [7, 11) is 1.85. The van der Waals surface area contributed by atoms with Crippen molar-refractivity contribution in [2.24, 2.45) is 0 Å². The van der Waals surface area contributed by atoms with Gasteiger partial charge in [-0.1, -0.05) is 0 Å². The van der Waals surface area contributed by atoms with E-state index in [-0.39, 0.29) is 0 Å². The van der Waals surface area contributed by atoms with E-state index in [1.165, 1.54) is 3.57 Å². The van der Waals surface area contributed by atoms with Gasteiger partial charge in [-0.2, -0.15) is 0 Å². The van der Waals surface area contributed by atoms with Gasteiger partial charge in [0.25, 0.3) is 0 Å². The number of hydrogen-bond donors (Lipinski definition) is 2. The van der Waals surface area contributed by atoms with Crippen molar-refractivity contribution < 1.29 is 0 Å². The molecule has 0 aliphatic heterocycles. The van der Waals surface area contributed by atoms with Crippen molar-refractivity contribution in [3.8, 4) is 0 Å². The second kappa shape index (κ2) is 3.78. The molecule has 3 heteroatoms. The summed E-state index contributed by atoms with van der Waals surface area (Å²) in [6.07, 6.45) is 0. The average molecular weight is 248 g/mol. The third-order valence-electron chi connectivity index (χ3n) is 1.11. The average Bonchev–Trinajstić information content (AvgIpc) is 1.95. The van der Waals surface area contributed by atoms with Crippen molar-refractivity contribution in [2.75, 3.05) is 12.5 Å². The minimum absolute atomic E-state index is 1.09. The summed E-state index contributed by atoms with van der Waals surface area (Å²) in [5.41, 5.74) is 6.92. The van der Waals surface area contributed by atoms with Gasteiger partial charge in [-0.05, 0) is 46.9 Å². The highest BCUT2D eigenvalue weighted by Crippen LogP contribution is 2.09. The van der Waals surface area contributed by atoms with Crippen molar-refractivity contribution >= 4 is 28.3 Å². The van der Waals surface area contributed by atoms with Crippen LogP contribution in [0.2, 0.25) is 0 Å². The van der Waals surface area contributed by atoms with Gasteiger partial charge in [0.15, 0.2) is 0 Å². The molecule has 1 aromatic carbocycles. The van der Waals surface area contributed by atoms with Gasteiger partial charge in [0.2, 0.25) is 0 Å². The molecular weight excluding hydrogens is 239 g/mol. The topological polar surface area (TPSA) is 24.1 Å². The molecule has 0 fully saturated rings. The van der Waals surface area contributed by atoms with Crippen LogP contribution < -0.4 is 10.9 Å². The first-order valence-electron chi connectivity index (χ1n) is 3.01. The molecule has 2 nitrogen and oxygen atoms in total. The highest BCUT2D eigenvalue weighted by atomic mass is 127. The first-order valence-corrected chi connectivity index (χ1v) is 4.09. The number of nitrogens with one attached hydrogen (secondary N) is 2. The maximum absolute atomic E-state index is 2.98. The number of hydrogen-bond acceptors (Lipinski definition) is 2. The van der Waals surface area contributed by atoms with Crippen LogP contribution in [0, 0.1) is 3.57 Å². The molecule has 10 heavy (non-hydrogen) atoms. The Kier molecular flexibility index (Phi) is 2.95. The third-order valence-corrected chi connectivity index (χ3v) is 1.83. The molecule has 0 spiro atoms. The van der Waals surface area contributed by atoms with Crippen molar-refractivity contribution in [3.05, 3.63) is 27.8 Å². The molecule has 0 heterocycles. The van der Waals surface area contributed by atoms with Crippen LogP contribution in [0.1, 0.15) is 0 Å². The standard InChI is InChI=1S/C7H9IN2/c1-9-10-7-4-2-6(8)3-5-7/h2-5,9-10H,1H3. The van der Waals surface area contributed by atoms with Gasteiger partial charge >= 0.3 is 0 Å². The van der Waals surface area contributed by atoms with E-state index in [9.17, 15) is 0 Å². The van der Waals surface area contributed by atoms with Crippen LogP contribution in [0.4, 0.5) is 5.69 Å². The summed E-state index contributed by atoms with van der Waals surface area (Å²) in [5, 5.41) is 0. The van der Waals surface area contributed by atoms with Crippen LogP contribution in [0.25, 0.3) is 0 Å². The van der Waals surface area contributed by atoms with E-state index in [0.717, 1.165) is 5.69 Å². The van der Waals surface area contributed by atoms with Crippen LogP contribution in [-0.4, -0.2) is 7.05 Å². The lowest BCUT2D eigenvalue weighted by Gasteiger charge is -2.02. The first kappa shape index (κ1) is 7.81. The van der Waals surface area contributed by atoms with Crippen molar-refractivity contribution in [3.63, 3.8) is 0 Å². The van der Waals surface area contributed by atoms with Crippen molar-refractivity contribution in [1.82, 2.24) is 5.43 Å². The van der Waals surface area contributed by atoms with E-state index in [1.807, 2.05) is 19.2 Å². The lowest BCUT2D eigenvalue weighted by atomic mass is 10.3. The van der Waals surface area contributed by atoms with Crippen LogP contribution in [0.15, 0.2) is 24.3 Å². The minimum atomic E-state index is 1.09. The number of anilines is 1. The molecule has 1 aromatic rings. The maximum Gasteiger partial charge on any atom is 0.0488 e. The van der Waals surface area contributed by atoms with E-state index >= 15 is 0 Å². The van der Waals surface area contributed by atoms with Gasteiger partial charge in [-0.15, -0.1) is 0 Å². The minimum Gasteiger partial charge on any atom is -0.322 e. The Labute approximate surface area is 74.1 Å². The smallest absolute Gasteiger partial charge is 0.0488 e. The molecule has 0 radical (unpaired) electrons. The summed E-state index contributed by atoms with van der Waals surface area (Å²) >= 11 is 2.28. The Hall–Kier alpha value is -0.290. The van der Waals surface area contributed by atoms with Crippen molar-refractivity contribution in [1.29, 1.82) is 0 Å². The summed E-state index contributed by atoms with van der Waals surface area (Å²) < 4.78 is 1.25. The highest BCUT2D eigenvalue weighted by Gasteiger charge is 1.86. The van der Waals surface area contributed by atoms with Crippen LogP contribution >= 0.6 is 22.6 Å². The fourth-order valence-electron chi connectivity index (χ4n) is 0.678. The number of hydrazine groups is 1. The normalized spacial score (nSPS) is 9.40. The first-order chi connectivity index (χ1) is 4.83. The van der Waals surface area contributed by atoms with E-state index < -0.39 is 0 Å². The molecule has 2 N–H and O–H groups in total. The Morgan fingerprint density at radius 3 is 2.30 bits per heavy atom. The third kappa shape index (κ3) is 2.15. The molecule has 0 aliphatic carbocycles. The summed E-state index contributed by atoms with van der Waals surface area (Å²) in [4.78, 5) is 0. The van der Waals surface area contributed by atoms with E-state index in [2.05, 4.69) is 45.6 Å². The predicted molar refractivity (Wildman–Crippen MR) is 51.8 cm³/mol. The van der Waals surface area contributed by atoms with Gasteiger partial charge in [0.1, 0.15) is 0 Å². The van der Waals surface area contributed by atoms with Gasteiger partial charge in [-0.3, -0.25) is 0 Å². The SMILES string of the molecule is CNNc1ccc(I)cc1. The van der Waals surface area contributed by atoms with E-state index in [1.54, 1.807) is 0 Å². The fourth-order valence-corrected chi connectivity index (χ4v) is 1.04. The Bertz CT molecular complexity index is 195. The maximum atomic E-state index is 2.98. The molecule has 54 valence electrons. The zero-order valence-electron chi connectivity index (χ0n) is 5.69. The van der Waals surface area contributed by atoms with E-state index in [0.29, 0.717) is 0 Å². The molecule has 0 unspecified atom stereocenters. The van der Waals surface area contributed by atoms with Crippen LogP contribution in [-0.2, 0) is 0 Å². The summed E-state index contributed by atoms with van der Waals surface area (Å²) in [6, 6.07) is 8.16. The second-order valence-corrected chi connectivity index (χ2v) is 3.13. The van der Waals surface area contributed by atoms with E-state index in [4.69, 9.17) is 0 Å². The highest BCUT2D eigenvalue weighted by molar-refractivity contribution is 14.1. The molecule has 0 atom stereocenters. The lowest BCUT2D eigenvalue weighted by Crippen LogP contribution is -2.14. The second-order valence-electron chi connectivity index (χ2n) is 1.88. The van der Waals surface area contributed by atoms with Gasteiger partial charge < -0.3 is 5.43 Å². The monoisotopic (exact) mass is 248 g/mol. The molecule has 0 aromatic heterocycles. The fraction of sp³-hybridized carbons (Fsp3) is 0.143. The van der Waals surface area contributed by atoms with Gasteiger partial charge in [0.05, 0.1) is 0 Å². The lowest BCUT2D eigenvalue weighted by molar-refractivity contribution is 0.984. The molecule has 0 bridgehead atoms. The largest absolute Gasteiger partial charge is 0.322 e. The number of halogens is 1. The van der Waals surface area contributed by atoms with Gasteiger partial charge in [-0.25, -0.2) is 5.43 Å². The zero-order valence-corrected chi connectivity index (χ0v) is 7.84. The summed E-state index contributed by atoms with van der Waals surface area (Å²) in [5.74, 6) is 0. The molecule has 0 aliphatic rings. The number of benzene rings is 1. The molecule has 0 amide bonds. The molecule has 0 saturated carbocycles. The molecule has 1 rings (SSSR count). The van der Waals surface area contributed by atoms with Crippen LogP contribution in [0.3, 0.4) is 0 Å². The van der Waals surface area contributed by atoms with Gasteiger partial charge in [0, 0.05) is 16.3 Å². The summed E-state index contributed by atoms with van der Waals surface area (Å²) in [6.45, 7) is 0. The zero-order chi connectivity index (χ0) is 7.40. The quantitative estimate of drug-likeness (QED) is 0.616. The molecular formula is C7H9IN2.